The van der Waals surface area contributed by atoms with Crippen LogP contribution in [0.5, 0.6) is 0 Å². The van der Waals surface area contributed by atoms with Gasteiger partial charge in [0.05, 0.1) is 25.5 Å². The number of carbonyl (C=O) groups is 2. The van der Waals surface area contributed by atoms with Crippen molar-refractivity contribution in [1.29, 1.82) is 0 Å². The molecule has 4 atom stereocenters. The minimum atomic E-state index is -3.59. The largest absolute Gasteiger partial charge is 0.456 e. The average Bonchev–Trinajstić information content (AvgIpc) is 3.81. The van der Waals surface area contributed by atoms with Gasteiger partial charge in [0, 0.05) is 74.5 Å². The van der Waals surface area contributed by atoms with Gasteiger partial charge in [0.1, 0.15) is 17.7 Å². The minimum absolute atomic E-state index is 0.0838. The molecule has 2 amide bonds. The van der Waals surface area contributed by atoms with Crippen LogP contribution in [0.15, 0.2) is 59.0 Å². The van der Waals surface area contributed by atoms with E-state index in [0.29, 0.717) is 17.7 Å². The van der Waals surface area contributed by atoms with Crippen molar-refractivity contribution in [3.63, 3.8) is 0 Å². The highest BCUT2D eigenvalue weighted by atomic mass is 32.2. The third-order valence-electron chi connectivity index (χ3n) is 9.14. The second-order valence-corrected chi connectivity index (χ2v) is 14.6. The van der Waals surface area contributed by atoms with Crippen molar-refractivity contribution < 1.29 is 31.6 Å². The molecule has 252 valence electrons. The number of aryl methyl sites for hydroxylation is 1. The second kappa shape index (κ2) is 14.2. The molecule has 13 heteroatoms. The van der Waals surface area contributed by atoms with Gasteiger partial charge < -0.3 is 25.1 Å². The van der Waals surface area contributed by atoms with Crippen LogP contribution in [0.1, 0.15) is 34.3 Å². The summed E-state index contributed by atoms with van der Waals surface area (Å²) < 4.78 is 51.5. The van der Waals surface area contributed by atoms with Crippen molar-refractivity contribution in [3.8, 4) is 22.6 Å². The van der Waals surface area contributed by atoms with E-state index >= 15 is 0 Å². The van der Waals surface area contributed by atoms with E-state index in [4.69, 9.17) is 9.15 Å². The predicted molar refractivity (Wildman–Crippen MR) is 176 cm³/mol. The normalized spacial score (nSPS) is 24.0. The molecule has 3 aromatic rings. The summed E-state index contributed by atoms with van der Waals surface area (Å²) in [5.41, 5.74) is 4.28. The Bertz CT molecular complexity index is 1690. The van der Waals surface area contributed by atoms with E-state index in [1.807, 2.05) is 31.2 Å². The molecule has 0 radical (unpaired) electrons. The zero-order valence-corrected chi connectivity index (χ0v) is 27.5. The Morgan fingerprint density at radius 2 is 1.70 bits per heavy atom. The fraction of sp³-hybridized carbons (Fsp3) is 0.471. The molecule has 0 bridgehead atoms. The van der Waals surface area contributed by atoms with Gasteiger partial charge >= 0.3 is 0 Å². The molecule has 0 aliphatic carbocycles. The number of sulfonamides is 1. The van der Waals surface area contributed by atoms with Crippen molar-refractivity contribution in [2.24, 2.45) is 0 Å². The van der Waals surface area contributed by atoms with Gasteiger partial charge in [-0.1, -0.05) is 30.3 Å². The fourth-order valence-electron chi connectivity index (χ4n) is 6.59. The number of hydrogen-bond donors (Lipinski definition) is 3. The summed E-state index contributed by atoms with van der Waals surface area (Å²) in [6.07, 6.45) is 0.466. The number of rotatable bonds is 10. The maximum atomic E-state index is 13.5. The number of morpholine rings is 1. The van der Waals surface area contributed by atoms with Crippen LogP contribution in [-0.4, -0.2) is 106 Å². The molecule has 3 fully saturated rings. The molecule has 0 saturated carbocycles. The second-order valence-electron chi connectivity index (χ2n) is 12.7. The molecule has 3 aliphatic rings. The molecular formula is C34H42FN5O6S. The van der Waals surface area contributed by atoms with Gasteiger partial charge in [0.15, 0.2) is 0 Å². The van der Waals surface area contributed by atoms with Crippen LogP contribution in [-0.2, 0) is 26.1 Å². The van der Waals surface area contributed by atoms with Crippen molar-refractivity contribution in [2.45, 2.75) is 50.6 Å². The first-order chi connectivity index (χ1) is 22.5. The number of furan rings is 1. The summed E-state index contributed by atoms with van der Waals surface area (Å²) in [5.74, 6) is 0.775. The number of hydrogen-bond acceptors (Lipinski definition) is 8. The maximum absolute atomic E-state index is 13.5. The first kappa shape index (κ1) is 33.3. The Hall–Kier alpha value is -3.62. The summed E-state index contributed by atoms with van der Waals surface area (Å²) in [5, 5.41) is 8.58. The van der Waals surface area contributed by atoms with E-state index in [2.05, 4.69) is 45.1 Å². The van der Waals surface area contributed by atoms with Crippen LogP contribution in [0, 0.1) is 6.92 Å². The van der Waals surface area contributed by atoms with E-state index in [1.54, 1.807) is 6.07 Å². The fourth-order valence-corrected chi connectivity index (χ4v) is 7.75. The van der Waals surface area contributed by atoms with Gasteiger partial charge in [-0.15, -0.1) is 0 Å². The van der Waals surface area contributed by atoms with Crippen molar-refractivity contribution in [3.05, 3.63) is 71.3 Å². The molecule has 3 N–H and O–H groups in total. The Labute approximate surface area is 274 Å². The Balaban J connectivity index is 1.05. The predicted octanol–water partition coefficient (Wildman–Crippen LogP) is 2.70. The molecule has 3 saturated heterocycles. The maximum Gasteiger partial charge on any atom is 0.251 e. The number of nitrogens with zero attached hydrogens (tertiary/aromatic N) is 2. The third-order valence-corrected chi connectivity index (χ3v) is 10.4. The number of ether oxygens (including phenoxy) is 1. The number of nitrogens with one attached hydrogen (secondary N) is 3. The molecular weight excluding hydrogens is 625 g/mol. The van der Waals surface area contributed by atoms with Gasteiger partial charge in [-0.3, -0.25) is 14.5 Å². The molecule has 1 aromatic heterocycles. The quantitative estimate of drug-likeness (QED) is 0.301. The highest BCUT2D eigenvalue weighted by Gasteiger charge is 2.40. The highest BCUT2D eigenvalue weighted by Crippen LogP contribution is 2.30. The van der Waals surface area contributed by atoms with Crippen LogP contribution in [0.3, 0.4) is 0 Å². The van der Waals surface area contributed by atoms with Crippen molar-refractivity contribution >= 4 is 21.8 Å². The smallest absolute Gasteiger partial charge is 0.251 e. The van der Waals surface area contributed by atoms with E-state index < -0.39 is 34.3 Å². The molecule has 47 heavy (non-hydrogen) atoms. The van der Waals surface area contributed by atoms with Crippen molar-refractivity contribution in [1.82, 2.24) is 25.2 Å². The van der Waals surface area contributed by atoms with Gasteiger partial charge in [-0.05, 0) is 48.7 Å². The third kappa shape index (κ3) is 8.10. The molecule has 11 nitrogen and oxygen atoms in total. The Morgan fingerprint density at radius 1 is 1.00 bits per heavy atom. The number of alkyl halides is 1. The van der Waals surface area contributed by atoms with Crippen LogP contribution >= 0.6 is 0 Å². The molecule has 0 unspecified atom stereocenters. The standard InChI is InChI=1S/C34H42FN5O6S/c1-22-15-25(32-10-9-31(46-32)24-5-3-23(4-6-24)20-39-11-13-45-14-12-39)7-8-29(22)33(41)37-19-28-17-27(21-40(28)47(2,43)44)38-34(42)30-16-26(35)18-36-30/h3-10,15,26-28,30,36H,11-14,16-21H2,1-2H3,(H,37,41)(H,38,42)/t26-,27+,28+,30-/m0/s1. The highest BCUT2D eigenvalue weighted by molar-refractivity contribution is 7.88. The van der Waals surface area contributed by atoms with Crippen LogP contribution < -0.4 is 16.0 Å². The first-order valence-electron chi connectivity index (χ1n) is 16.1. The monoisotopic (exact) mass is 667 g/mol. The zero-order chi connectivity index (χ0) is 33.1. The van der Waals surface area contributed by atoms with Crippen molar-refractivity contribution in [2.75, 3.05) is 52.2 Å². The molecule has 3 aliphatic heterocycles. The molecule has 2 aromatic carbocycles. The summed E-state index contributed by atoms with van der Waals surface area (Å²) in [6.45, 7) is 6.47. The van der Waals surface area contributed by atoms with E-state index in [9.17, 15) is 22.4 Å². The van der Waals surface area contributed by atoms with E-state index in [0.717, 1.165) is 61.6 Å². The van der Waals surface area contributed by atoms with Crippen LogP contribution in [0.25, 0.3) is 22.6 Å². The molecule has 4 heterocycles. The lowest BCUT2D eigenvalue weighted by atomic mass is 10.0. The summed E-state index contributed by atoms with van der Waals surface area (Å²) in [6, 6.07) is 16.1. The Kier molecular flexibility index (Phi) is 10.1. The Morgan fingerprint density at radius 3 is 2.36 bits per heavy atom. The molecule has 6 rings (SSSR count). The van der Waals surface area contributed by atoms with Crippen LogP contribution in [0.4, 0.5) is 4.39 Å². The number of benzene rings is 2. The summed E-state index contributed by atoms with van der Waals surface area (Å²) in [4.78, 5) is 28.2. The number of halogens is 1. The average molecular weight is 668 g/mol. The van der Waals surface area contributed by atoms with Gasteiger partial charge in [-0.2, -0.15) is 4.31 Å². The SMILES string of the molecule is Cc1cc(-c2ccc(-c3ccc(CN4CCOCC4)cc3)o2)ccc1C(=O)NC[C@H]1C[C@@H](NC(=O)[C@@H]2C[C@H](F)CN2)CN1S(C)(=O)=O. The van der Waals surface area contributed by atoms with Gasteiger partial charge in [0.2, 0.25) is 15.9 Å². The first-order valence-corrected chi connectivity index (χ1v) is 17.9. The summed E-state index contributed by atoms with van der Waals surface area (Å²) in [7, 11) is -3.59. The number of amides is 2. The zero-order valence-electron chi connectivity index (χ0n) is 26.7. The topological polar surface area (TPSA) is 133 Å². The lowest BCUT2D eigenvalue weighted by Crippen LogP contribution is -2.46. The number of carbonyl (C=O) groups excluding carboxylic acids is 2. The summed E-state index contributed by atoms with van der Waals surface area (Å²) >= 11 is 0. The lowest BCUT2D eigenvalue weighted by molar-refractivity contribution is -0.123. The van der Waals surface area contributed by atoms with Crippen LogP contribution in [0.2, 0.25) is 0 Å². The molecule has 0 spiro atoms. The van der Waals surface area contributed by atoms with E-state index in [1.165, 1.54) is 9.87 Å². The van der Waals surface area contributed by atoms with E-state index in [-0.39, 0.29) is 37.9 Å². The lowest BCUT2D eigenvalue weighted by Gasteiger charge is -2.26. The van der Waals surface area contributed by atoms with Gasteiger partial charge in [-0.25, -0.2) is 12.8 Å². The minimum Gasteiger partial charge on any atom is -0.456 e. The van der Waals surface area contributed by atoms with Gasteiger partial charge in [0.25, 0.3) is 5.91 Å².